The van der Waals surface area contributed by atoms with Crippen molar-refractivity contribution in [1.29, 1.82) is 0 Å². The van der Waals surface area contributed by atoms with Crippen LogP contribution in [0.25, 0.3) is 0 Å². The van der Waals surface area contributed by atoms with Crippen molar-refractivity contribution in [3.8, 4) is 0 Å². The lowest BCUT2D eigenvalue weighted by atomic mass is 9.83. The van der Waals surface area contributed by atoms with E-state index in [2.05, 4.69) is 0 Å². The highest BCUT2D eigenvalue weighted by Gasteiger charge is 2.37. The number of alkyl halides is 1. The topological polar surface area (TPSA) is 37.3 Å². The predicted octanol–water partition coefficient (Wildman–Crippen LogP) is 1.77. The molecule has 1 N–H and O–H groups in total. The smallest absolute Gasteiger partial charge is 0.155 e. The molecule has 1 saturated carbocycles. The molecule has 1 fully saturated rings. The van der Waals surface area contributed by atoms with Gasteiger partial charge in [0.1, 0.15) is 0 Å². The molecule has 0 amide bonds. The first kappa shape index (κ1) is 10.4. The Morgan fingerprint density at radius 3 is 2.85 bits per heavy atom. The highest BCUT2D eigenvalue weighted by Crippen LogP contribution is 2.33. The van der Waals surface area contributed by atoms with Gasteiger partial charge in [0.15, 0.2) is 11.5 Å². The summed E-state index contributed by atoms with van der Waals surface area (Å²) >= 11 is 0. The van der Waals surface area contributed by atoms with E-state index in [0.717, 1.165) is 12.8 Å². The highest BCUT2D eigenvalue weighted by molar-refractivity contribution is 5.87. The van der Waals surface area contributed by atoms with Crippen LogP contribution < -0.4 is 0 Å². The van der Waals surface area contributed by atoms with Gasteiger partial charge in [0.05, 0.1) is 6.10 Å². The summed E-state index contributed by atoms with van der Waals surface area (Å²) in [5.74, 6) is -0.185. The van der Waals surface area contributed by atoms with Crippen LogP contribution in [0.3, 0.4) is 0 Å². The molecule has 1 aliphatic rings. The summed E-state index contributed by atoms with van der Waals surface area (Å²) in [7, 11) is 0. The summed E-state index contributed by atoms with van der Waals surface area (Å²) in [5, 5.41) is 9.40. The summed E-state index contributed by atoms with van der Waals surface area (Å²) in [6.07, 6.45) is 3.90. The molecule has 1 rings (SSSR count). The molecule has 1 aliphatic carbocycles. The molecule has 2 nitrogen and oxygen atoms in total. The summed E-state index contributed by atoms with van der Waals surface area (Å²) in [5.41, 5.74) is -1.68. The third-order valence-corrected chi connectivity index (χ3v) is 2.44. The first-order valence-electron chi connectivity index (χ1n) is 4.61. The van der Waals surface area contributed by atoms with Crippen LogP contribution in [0.2, 0.25) is 0 Å². The molecule has 0 aromatic heterocycles. The first-order valence-corrected chi connectivity index (χ1v) is 4.61. The Hall–Kier alpha value is -0.700. The molecule has 0 spiro atoms. The average molecular weight is 186 g/mol. The zero-order valence-electron chi connectivity index (χ0n) is 7.79. The first-order chi connectivity index (χ1) is 6.04. The van der Waals surface area contributed by atoms with Gasteiger partial charge in [-0.1, -0.05) is 6.42 Å². The van der Waals surface area contributed by atoms with E-state index < -0.39 is 11.8 Å². The van der Waals surface area contributed by atoms with Crippen LogP contribution in [-0.4, -0.2) is 22.7 Å². The lowest BCUT2D eigenvalue weighted by molar-refractivity contribution is -0.112. The number of ketones is 1. The Morgan fingerprint density at radius 2 is 2.31 bits per heavy atom. The van der Waals surface area contributed by atoms with Crippen molar-refractivity contribution in [1.82, 2.24) is 0 Å². The van der Waals surface area contributed by atoms with Crippen molar-refractivity contribution in [2.24, 2.45) is 0 Å². The number of halogens is 1. The molecule has 74 valence electrons. The number of rotatable bonds is 2. The number of allylic oxidation sites excluding steroid dienone is 1. The van der Waals surface area contributed by atoms with Crippen LogP contribution >= 0.6 is 0 Å². The van der Waals surface area contributed by atoms with Crippen LogP contribution in [0.5, 0.6) is 0 Å². The fraction of sp³-hybridized carbons (Fsp3) is 0.700. The van der Waals surface area contributed by atoms with Crippen LogP contribution in [-0.2, 0) is 4.79 Å². The zero-order chi connectivity index (χ0) is 9.90. The van der Waals surface area contributed by atoms with E-state index in [4.69, 9.17) is 0 Å². The van der Waals surface area contributed by atoms with Crippen molar-refractivity contribution in [3.63, 3.8) is 0 Å². The maximum absolute atomic E-state index is 13.8. The third-order valence-electron chi connectivity index (χ3n) is 2.44. The van der Waals surface area contributed by atoms with Gasteiger partial charge in [-0.2, -0.15) is 0 Å². The number of hydrogen-bond acceptors (Lipinski definition) is 2. The quantitative estimate of drug-likeness (QED) is 0.667. The summed E-state index contributed by atoms with van der Waals surface area (Å²) in [6.45, 7) is 1.37. The number of carbonyl (C=O) groups is 1. The van der Waals surface area contributed by atoms with Gasteiger partial charge in [0, 0.05) is 0 Å². The Kier molecular flexibility index (Phi) is 3.20. The van der Waals surface area contributed by atoms with E-state index in [9.17, 15) is 14.3 Å². The van der Waals surface area contributed by atoms with E-state index in [1.165, 1.54) is 19.1 Å². The van der Waals surface area contributed by atoms with Gasteiger partial charge in [0.2, 0.25) is 0 Å². The van der Waals surface area contributed by atoms with Crippen LogP contribution in [0.1, 0.15) is 32.6 Å². The predicted molar refractivity (Wildman–Crippen MR) is 48.1 cm³/mol. The molecule has 0 saturated heterocycles. The minimum absolute atomic E-state index is 0.185. The molecule has 0 aliphatic heterocycles. The van der Waals surface area contributed by atoms with Crippen molar-refractivity contribution in [3.05, 3.63) is 12.2 Å². The average Bonchev–Trinajstić information content (AvgIpc) is 2.07. The molecule has 2 atom stereocenters. The second kappa shape index (κ2) is 4.01. The minimum Gasteiger partial charge on any atom is -0.389 e. The molecule has 0 bridgehead atoms. The molecule has 0 heterocycles. The normalized spacial score (nSPS) is 35.2. The Morgan fingerprint density at radius 1 is 1.62 bits per heavy atom. The second-order valence-electron chi connectivity index (χ2n) is 3.63. The number of aliphatic hydroxyl groups is 1. The lowest BCUT2D eigenvalue weighted by Crippen LogP contribution is -2.39. The van der Waals surface area contributed by atoms with Crippen LogP contribution in [0.15, 0.2) is 12.2 Å². The van der Waals surface area contributed by atoms with Gasteiger partial charge < -0.3 is 5.11 Å². The maximum Gasteiger partial charge on any atom is 0.155 e. The third kappa shape index (κ3) is 2.62. The number of aliphatic hydroxyl groups excluding tert-OH is 1. The van der Waals surface area contributed by atoms with Gasteiger partial charge in [0.25, 0.3) is 0 Å². The fourth-order valence-electron chi connectivity index (χ4n) is 1.59. The van der Waals surface area contributed by atoms with Crippen LogP contribution in [0.4, 0.5) is 4.39 Å². The monoisotopic (exact) mass is 186 g/mol. The van der Waals surface area contributed by atoms with Crippen molar-refractivity contribution < 1.29 is 14.3 Å². The Bertz CT molecular complexity index is 225. The van der Waals surface area contributed by atoms with Gasteiger partial charge in [-0.05, 0) is 38.3 Å². The van der Waals surface area contributed by atoms with E-state index in [0.29, 0.717) is 12.8 Å². The Balaban J connectivity index is 2.66. The maximum atomic E-state index is 13.8. The fourth-order valence-corrected chi connectivity index (χ4v) is 1.59. The summed E-state index contributed by atoms with van der Waals surface area (Å²) < 4.78 is 13.8. The van der Waals surface area contributed by atoms with Crippen LogP contribution in [0, 0.1) is 0 Å². The summed E-state index contributed by atoms with van der Waals surface area (Å²) in [6, 6.07) is 0. The molecule has 3 heteroatoms. The zero-order valence-corrected chi connectivity index (χ0v) is 7.79. The van der Waals surface area contributed by atoms with Gasteiger partial charge in [-0.25, -0.2) is 4.39 Å². The second-order valence-corrected chi connectivity index (χ2v) is 3.63. The molecule has 0 radical (unpaired) electrons. The van der Waals surface area contributed by atoms with Gasteiger partial charge in [-0.3, -0.25) is 4.79 Å². The van der Waals surface area contributed by atoms with Gasteiger partial charge >= 0.3 is 0 Å². The molecule has 13 heavy (non-hydrogen) atoms. The lowest BCUT2D eigenvalue weighted by Gasteiger charge is -2.31. The van der Waals surface area contributed by atoms with E-state index in [-0.39, 0.29) is 5.78 Å². The van der Waals surface area contributed by atoms with E-state index >= 15 is 0 Å². The largest absolute Gasteiger partial charge is 0.389 e. The summed E-state index contributed by atoms with van der Waals surface area (Å²) in [4.78, 5) is 10.6. The molecular formula is C10H15FO2. The highest BCUT2D eigenvalue weighted by atomic mass is 19.1. The molecule has 2 unspecified atom stereocenters. The van der Waals surface area contributed by atoms with Crippen molar-refractivity contribution in [2.45, 2.75) is 44.4 Å². The van der Waals surface area contributed by atoms with Gasteiger partial charge in [-0.15, -0.1) is 0 Å². The minimum atomic E-state index is -1.68. The molecule has 0 aromatic rings. The van der Waals surface area contributed by atoms with E-state index in [1.54, 1.807) is 0 Å². The molecular weight excluding hydrogens is 171 g/mol. The van der Waals surface area contributed by atoms with Crippen molar-refractivity contribution >= 4 is 5.78 Å². The Labute approximate surface area is 77.4 Å². The number of hydrogen-bond donors (Lipinski definition) is 1. The SMILES string of the molecule is CC(=O)/C=C/C1(F)CCCCC1O. The molecule has 0 aromatic carbocycles. The standard InChI is InChI=1S/C10H15FO2/c1-8(12)5-7-10(11)6-3-2-4-9(10)13/h5,7,9,13H,2-4,6H2,1H3/b7-5+. The van der Waals surface area contributed by atoms with Crippen molar-refractivity contribution in [2.75, 3.05) is 0 Å². The van der Waals surface area contributed by atoms with E-state index in [1.807, 2.05) is 0 Å². The number of carbonyl (C=O) groups excluding carboxylic acids is 1.